The van der Waals surface area contributed by atoms with Crippen molar-refractivity contribution in [1.82, 2.24) is 5.32 Å². The smallest absolute Gasteiger partial charge is 0.404 e. The quantitative estimate of drug-likeness (QED) is 0.282. The van der Waals surface area contributed by atoms with Crippen LogP contribution in [0.2, 0.25) is 5.02 Å². The Labute approximate surface area is 191 Å². The maximum atomic E-state index is 14.3. The van der Waals surface area contributed by atoms with E-state index in [0.717, 1.165) is 6.07 Å². The number of ketones is 1. The van der Waals surface area contributed by atoms with E-state index in [1.165, 1.54) is 7.11 Å². The van der Waals surface area contributed by atoms with Gasteiger partial charge in [0.15, 0.2) is 5.78 Å². The van der Waals surface area contributed by atoms with E-state index < -0.39 is 23.6 Å². The predicted octanol–water partition coefficient (Wildman–Crippen LogP) is 4.81. The molecule has 3 rings (SSSR count). The van der Waals surface area contributed by atoms with Crippen molar-refractivity contribution in [2.24, 2.45) is 0 Å². The molecule has 166 valence electrons. The number of carbonyl (C=O) groups is 2. The molecule has 31 heavy (non-hydrogen) atoms. The lowest BCUT2D eigenvalue weighted by molar-refractivity contribution is -0.162. The number of nitrogens with one attached hydrogen (secondary N) is 1. The lowest BCUT2D eigenvalue weighted by Crippen LogP contribution is -2.45. The molecule has 0 spiro atoms. The van der Waals surface area contributed by atoms with Crippen LogP contribution in [0.4, 0.5) is 9.18 Å². The van der Waals surface area contributed by atoms with E-state index in [1.807, 2.05) is 0 Å². The third-order valence-corrected chi connectivity index (χ3v) is 6.31. The van der Waals surface area contributed by atoms with Gasteiger partial charge in [0.1, 0.15) is 24.5 Å². The van der Waals surface area contributed by atoms with E-state index in [-0.39, 0.29) is 47.2 Å². The van der Waals surface area contributed by atoms with Crippen LogP contribution in [0.3, 0.4) is 0 Å². The molecule has 1 amide bonds. The number of carbonyl (C=O) groups excluding carboxylic acids is 1. The number of hydrogen-bond acceptors (Lipinski definition) is 5. The Morgan fingerprint density at radius 3 is 2.71 bits per heavy atom. The monoisotopic (exact) mass is 515 g/mol. The Balaban J connectivity index is 2.09. The number of Topliss-reactive ketones (excluding diaryl/α,β-unsaturated/α-hetero) is 1. The van der Waals surface area contributed by atoms with Crippen molar-refractivity contribution in [3.8, 4) is 5.75 Å². The molecule has 1 heterocycles. The fourth-order valence-corrected chi connectivity index (χ4v) is 4.32. The van der Waals surface area contributed by atoms with Crippen molar-refractivity contribution in [1.29, 1.82) is 0 Å². The molecule has 10 heteroatoms. The van der Waals surface area contributed by atoms with E-state index >= 15 is 0 Å². The first-order chi connectivity index (χ1) is 14.8. The summed E-state index contributed by atoms with van der Waals surface area (Å²) in [6, 6.07) is 9.84. The first-order valence-electron chi connectivity index (χ1n) is 9.35. The normalized spacial score (nSPS) is 19.5. The van der Waals surface area contributed by atoms with E-state index in [2.05, 4.69) is 21.2 Å². The maximum Gasteiger partial charge on any atom is 0.404 e. The fourth-order valence-electron chi connectivity index (χ4n) is 3.57. The van der Waals surface area contributed by atoms with Gasteiger partial charge in [0, 0.05) is 41.7 Å². The van der Waals surface area contributed by atoms with E-state index in [1.54, 1.807) is 30.3 Å². The van der Waals surface area contributed by atoms with Crippen LogP contribution in [0.1, 0.15) is 30.1 Å². The molecule has 0 aliphatic carbocycles. The number of halogens is 3. The average molecular weight is 517 g/mol. The van der Waals surface area contributed by atoms with Gasteiger partial charge in [-0.3, -0.25) is 4.79 Å². The zero-order valence-corrected chi connectivity index (χ0v) is 18.8. The predicted molar refractivity (Wildman–Crippen MR) is 114 cm³/mol. The van der Waals surface area contributed by atoms with Crippen molar-refractivity contribution in [3.05, 3.63) is 62.8 Å². The minimum absolute atomic E-state index is 0.0101. The number of methoxy groups -OCH3 is 1. The van der Waals surface area contributed by atoms with Gasteiger partial charge in [-0.2, -0.15) is 0 Å². The second-order valence-corrected chi connectivity index (χ2v) is 7.98. The van der Waals surface area contributed by atoms with Crippen LogP contribution in [-0.2, 0) is 19.9 Å². The Bertz CT molecular complexity index is 976. The summed E-state index contributed by atoms with van der Waals surface area (Å²) in [6.07, 6.45) is -1.93. The third kappa shape index (κ3) is 4.55. The standard InChI is InChI=1S/C21H20BrClFNO6/c1-29-11-30-19-16-14(10-13(24)18(23)17(16)22)31-21(19,12-6-3-2-4-7-12)15(26)8-5-9-25-20(27)28/h2-4,6-7,10,19,25H,5,8-9,11H2,1H3,(H,27,28)/t19-,21-/m0/s1. The summed E-state index contributed by atoms with van der Waals surface area (Å²) in [5.74, 6) is -0.942. The zero-order chi connectivity index (χ0) is 22.6. The lowest BCUT2D eigenvalue weighted by atomic mass is 9.81. The van der Waals surface area contributed by atoms with Gasteiger partial charge in [0.05, 0.1) is 5.02 Å². The van der Waals surface area contributed by atoms with Crippen molar-refractivity contribution in [3.63, 3.8) is 0 Å². The summed E-state index contributed by atoms with van der Waals surface area (Å²) in [4.78, 5) is 24.3. The van der Waals surface area contributed by atoms with Crippen molar-refractivity contribution in [2.75, 3.05) is 20.4 Å². The summed E-state index contributed by atoms with van der Waals surface area (Å²) in [5.41, 5.74) is -0.735. The molecular weight excluding hydrogens is 497 g/mol. The highest BCUT2D eigenvalue weighted by atomic mass is 79.9. The Morgan fingerprint density at radius 2 is 2.06 bits per heavy atom. The third-order valence-electron chi connectivity index (χ3n) is 4.89. The van der Waals surface area contributed by atoms with Gasteiger partial charge in [-0.05, 0) is 22.4 Å². The van der Waals surface area contributed by atoms with Gasteiger partial charge < -0.3 is 24.6 Å². The molecule has 7 nitrogen and oxygen atoms in total. The molecule has 2 atom stereocenters. The molecule has 1 aliphatic heterocycles. The lowest BCUT2D eigenvalue weighted by Gasteiger charge is -2.33. The number of amides is 1. The highest BCUT2D eigenvalue weighted by Crippen LogP contribution is 2.56. The molecule has 0 bridgehead atoms. The summed E-state index contributed by atoms with van der Waals surface area (Å²) in [6.45, 7) is -0.0655. The molecule has 2 aromatic carbocycles. The Hall–Kier alpha value is -2.20. The Kier molecular flexibility index (Phi) is 7.53. The van der Waals surface area contributed by atoms with Crippen molar-refractivity contribution < 1.29 is 33.3 Å². The first kappa shape index (κ1) is 23.5. The molecule has 1 aliphatic rings. The summed E-state index contributed by atoms with van der Waals surface area (Å²) >= 11 is 9.41. The van der Waals surface area contributed by atoms with Gasteiger partial charge in [-0.25, -0.2) is 9.18 Å². The number of ether oxygens (including phenoxy) is 3. The molecule has 2 N–H and O–H groups in total. The van der Waals surface area contributed by atoms with Crippen LogP contribution in [0.25, 0.3) is 0 Å². The van der Waals surface area contributed by atoms with Gasteiger partial charge in [-0.15, -0.1) is 0 Å². The number of rotatable bonds is 9. The van der Waals surface area contributed by atoms with Gasteiger partial charge in [-0.1, -0.05) is 41.9 Å². The number of carboxylic acid groups (broad SMARTS) is 1. The van der Waals surface area contributed by atoms with E-state index in [0.29, 0.717) is 11.1 Å². The summed E-state index contributed by atoms with van der Waals surface area (Å²) in [5, 5.41) is 10.8. The summed E-state index contributed by atoms with van der Waals surface area (Å²) in [7, 11) is 1.44. The highest BCUT2D eigenvalue weighted by molar-refractivity contribution is 9.10. The number of benzene rings is 2. The molecule has 0 fully saturated rings. The van der Waals surface area contributed by atoms with Crippen molar-refractivity contribution >= 4 is 39.4 Å². The topological polar surface area (TPSA) is 94.1 Å². The van der Waals surface area contributed by atoms with Gasteiger partial charge in [0.2, 0.25) is 5.60 Å². The van der Waals surface area contributed by atoms with Crippen LogP contribution in [0.5, 0.6) is 5.75 Å². The minimum Gasteiger partial charge on any atom is -0.471 e. The average Bonchev–Trinajstić information content (AvgIpc) is 3.09. The molecule has 0 saturated heterocycles. The molecule has 0 saturated carbocycles. The number of fused-ring (bicyclic) bond motifs is 1. The largest absolute Gasteiger partial charge is 0.471 e. The maximum absolute atomic E-state index is 14.3. The zero-order valence-electron chi connectivity index (χ0n) is 16.5. The fraction of sp³-hybridized carbons (Fsp3) is 0.333. The minimum atomic E-state index is -1.63. The first-order valence-corrected chi connectivity index (χ1v) is 10.5. The SMILES string of the molecule is COCO[C@H]1c2c(cc(F)c(Cl)c2Br)O[C@]1(C(=O)CCCNC(=O)O)c1ccccc1. The van der Waals surface area contributed by atoms with Crippen LogP contribution >= 0.6 is 27.5 Å². The second-order valence-electron chi connectivity index (χ2n) is 6.81. The Morgan fingerprint density at radius 1 is 1.35 bits per heavy atom. The molecule has 0 unspecified atom stereocenters. The molecule has 0 radical (unpaired) electrons. The highest BCUT2D eigenvalue weighted by Gasteiger charge is 2.57. The van der Waals surface area contributed by atoms with Crippen LogP contribution in [-0.4, -0.2) is 37.4 Å². The van der Waals surface area contributed by atoms with Gasteiger partial charge in [0.25, 0.3) is 0 Å². The molecular formula is C21H20BrClFNO6. The van der Waals surface area contributed by atoms with Crippen LogP contribution in [0.15, 0.2) is 40.9 Å². The number of hydrogen-bond donors (Lipinski definition) is 2. The van der Waals surface area contributed by atoms with Crippen LogP contribution < -0.4 is 10.1 Å². The van der Waals surface area contributed by atoms with E-state index in [9.17, 15) is 14.0 Å². The molecule has 0 aromatic heterocycles. The van der Waals surface area contributed by atoms with E-state index in [4.69, 9.17) is 30.9 Å². The molecule has 2 aromatic rings. The van der Waals surface area contributed by atoms with Crippen molar-refractivity contribution in [2.45, 2.75) is 24.5 Å². The second kappa shape index (κ2) is 9.95. The summed E-state index contributed by atoms with van der Waals surface area (Å²) < 4.78 is 31.7. The van der Waals surface area contributed by atoms with Crippen LogP contribution in [0, 0.1) is 5.82 Å². The van der Waals surface area contributed by atoms with Gasteiger partial charge >= 0.3 is 6.09 Å².